The van der Waals surface area contributed by atoms with Crippen LogP contribution in [0.15, 0.2) is 24.3 Å². The van der Waals surface area contributed by atoms with Gasteiger partial charge in [0.2, 0.25) is 5.95 Å². The number of nitrogens with one attached hydrogen (secondary N) is 2. The van der Waals surface area contributed by atoms with Gasteiger partial charge in [-0.15, -0.1) is 0 Å². The smallest absolute Gasteiger partial charge is 0.203 e. The molecular weight excluding hydrogens is 236 g/mol. The zero-order chi connectivity index (χ0) is 13.1. The van der Waals surface area contributed by atoms with Crippen molar-refractivity contribution in [2.24, 2.45) is 5.92 Å². The predicted molar refractivity (Wildman–Crippen MR) is 79.6 cm³/mol. The summed E-state index contributed by atoms with van der Waals surface area (Å²) in [6.07, 6.45) is 3.85. The summed E-state index contributed by atoms with van der Waals surface area (Å²) in [7, 11) is 2.03. The van der Waals surface area contributed by atoms with Crippen LogP contribution >= 0.6 is 0 Å². The van der Waals surface area contributed by atoms with Gasteiger partial charge < -0.3 is 15.2 Å². The van der Waals surface area contributed by atoms with Crippen LogP contribution in [0.5, 0.6) is 0 Å². The number of imidazole rings is 1. The summed E-state index contributed by atoms with van der Waals surface area (Å²) in [6, 6.07) is 8.24. The maximum Gasteiger partial charge on any atom is 0.203 e. The molecule has 0 atom stereocenters. The van der Waals surface area contributed by atoms with E-state index in [9.17, 15) is 0 Å². The Bertz CT molecular complexity index is 493. The molecule has 0 saturated carbocycles. The lowest BCUT2D eigenvalue weighted by Gasteiger charge is -2.31. The van der Waals surface area contributed by atoms with Crippen LogP contribution in [0.1, 0.15) is 19.3 Å². The maximum absolute atomic E-state index is 4.68. The lowest BCUT2D eigenvalue weighted by molar-refractivity contribution is 0.376. The Hall–Kier alpha value is -1.55. The Morgan fingerprint density at radius 1 is 1.32 bits per heavy atom. The van der Waals surface area contributed by atoms with Crippen LogP contribution in [0.25, 0.3) is 11.0 Å². The lowest BCUT2D eigenvalue weighted by atomic mass is 9.94. The quantitative estimate of drug-likeness (QED) is 0.885. The summed E-state index contributed by atoms with van der Waals surface area (Å²) in [6.45, 7) is 3.37. The van der Waals surface area contributed by atoms with Crippen molar-refractivity contribution in [1.29, 1.82) is 0 Å². The van der Waals surface area contributed by atoms with Gasteiger partial charge in [-0.25, -0.2) is 4.98 Å². The Kier molecular flexibility index (Phi) is 3.69. The summed E-state index contributed by atoms with van der Waals surface area (Å²) < 4.78 is 0. The minimum absolute atomic E-state index is 0.869. The van der Waals surface area contributed by atoms with Gasteiger partial charge >= 0.3 is 0 Å². The van der Waals surface area contributed by atoms with Crippen LogP contribution < -0.4 is 10.2 Å². The van der Waals surface area contributed by atoms with E-state index < -0.39 is 0 Å². The van der Waals surface area contributed by atoms with Crippen molar-refractivity contribution in [3.8, 4) is 0 Å². The largest absolute Gasteiger partial charge is 0.342 e. The van der Waals surface area contributed by atoms with Crippen molar-refractivity contribution in [2.45, 2.75) is 19.3 Å². The molecule has 4 heteroatoms. The molecule has 2 aromatic rings. The fraction of sp³-hybridized carbons (Fsp3) is 0.533. The van der Waals surface area contributed by atoms with Crippen molar-refractivity contribution >= 4 is 17.0 Å². The Balaban J connectivity index is 1.64. The third kappa shape index (κ3) is 2.73. The number of piperidine rings is 1. The molecule has 0 bridgehead atoms. The topological polar surface area (TPSA) is 44.0 Å². The molecule has 0 amide bonds. The van der Waals surface area contributed by atoms with Crippen LogP contribution in [-0.4, -0.2) is 36.6 Å². The van der Waals surface area contributed by atoms with Gasteiger partial charge in [0, 0.05) is 13.1 Å². The summed E-state index contributed by atoms with van der Waals surface area (Å²) in [5.74, 6) is 1.90. The third-order valence-electron chi connectivity index (χ3n) is 4.09. The van der Waals surface area contributed by atoms with E-state index in [4.69, 9.17) is 0 Å². The number of H-pyrrole nitrogens is 1. The first-order valence-corrected chi connectivity index (χ1v) is 7.21. The summed E-state index contributed by atoms with van der Waals surface area (Å²) in [5, 5.41) is 3.24. The van der Waals surface area contributed by atoms with Gasteiger partial charge in [-0.05, 0) is 50.9 Å². The zero-order valence-corrected chi connectivity index (χ0v) is 11.5. The molecule has 4 nitrogen and oxygen atoms in total. The van der Waals surface area contributed by atoms with Crippen molar-refractivity contribution in [3.05, 3.63) is 24.3 Å². The molecule has 1 aliphatic heterocycles. The molecule has 3 rings (SSSR count). The average Bonchev–Trinajstić information content (AvgIpc) is 2.89. The van der Waals surface area contributed by atoms with Crippen LogP contribution in [-0.2, 0) is 0 Å². The number of benzene rings is 1. The fourth-order valence-corrected chi connectivity index (χ4v) is 2.87. The lowest BCUT2D eigenvalue weighted by Crippen LogP contribution is -2.35. The van der Waals surface area contributed by atoms with E-state index >= 15 is 0 Å². The van der Waals surface area contributed by atoms with Gasteiger partial charge in [-0.1, -0.05) is 12.1 Å². The first kappa shape index (κ1) is 12.5. The molecule has 1 aromatic heterocycles. The third-order valence-corrected chi connectivity index (χ3v) is 4.09. The number of rotatable bonds is 4. The minimum atomic E-state index is 0.869. The maximum atomic E-state index is 4.68. The second-order valence-electron chi connectivity index (χ2n) is 5.40. The van der Waals surface area contributed by atoms with E-state index in [1.54, 1.807) is 0 Å². The summed E-state index contributed by atoms with van der Waals surface area (Å²) in [5.41, 5.74) is 2.20. The second kappa shape index (κ2) is 5.61. The van der Waals surface area contributed by atoms with E-state index in [-0.39, 0.29) is 0 Å². The molecule has 0 spiro atoms. The van der Waals surface area contributed by atoms with Crippen molar-refractivity contribution in [1.82, 2.24) is 15.3 Å². The zero-order valence-electron chi connectivity index (χ0n) is 11.5. The highest BCUT2D eigenvalue weighted by Crippen LogP contribution is 2.24. The summed E-state index contributed by atoms with van der Waals surface area (Å²) >= 11 is 0. The first-order valence-electron chi connectivity index (χ1n) is 7.21. The van der Waals surface area contributed by atoms with Crippen LogP contribution in [0, 0.1) is 5.92 Å². The summed E-state index contributed by atoms with van der Waals surface area (Å²) in [4.78, 5) is 10.5. The molecular formula is C15H22N4. The SMILES string of the molecule is CNCCC1CCN(c2nc3ccccc3[nH]2)CC1. The number of hydrogen-bond acceptors (Lipinski definition) is 3. The number of anilines is 1. The van der Waals surface area contributed by atoms with E-state index in [0.717, 1.165) is 42.5 Å². The molecule has 2 N–H and O–H groups in total. The Labute approximate surface area is 114 Å². The van der Waals surface area contributed by atoms with E-state index in [0.29, 0.717) is 0 Å². The highest BCUT2D eigenvalue weighted by Gasteiger charge is 2.20. The minimum Gasteiger partial charge on any atom is -0.342 e. The number of hydrogen-bond donors (Lipinski definition) is 2. The van der Waals surface area contributed by atoms with Crippen LogP contribution in [0.4, 0.5) is 5.95 Å². The molecule has 0 radical (unpaired) electrons. The van der Waals surface area contributed by atoms with Crippen molar-refractivity contribution in [3.63, 3.8) is 0 Å². The van der Waals surface area contributed by atoms with E-state index in [2.05, 4.69) is 32.3 Å². The molecule has 1 aromatic carbocycles. The fourth-order valence-electron chi connectivity index (χ4n) is 2.87. The highest BCUT2D eigenvalue weighted by atomic mass is 15.3. The standard InChI is InChI=1S/C15H22N4/c1-16-9-6-12-7-10-19(11-8-12)15-17-13-4-2-3-5-14(13)18-15/h2-5,12,16H,6-11H2,1H3,(H,17,18). The van der Waals surface area contributed by atoms with Crippen molar-refractivity contribution in [2.75, 3.05) is 31.6 Å². The number of aromatic nitrogens is 2. The number of fused-ring (bicyclic) bond motifs is 1. The molecule has 1 fully saturated rings. The van der Waals surface area contributed by atoms with Crippen LogP contribution in [0.2, 0.25) is 0 Å². The van der Waals surface area contributed by atoms with Gasteiger partial charge in [0.15, 0.2) is 0 Å². The van der Waals surface area contributed by atoms with E-state index in [1.807, 2.05) is 19.2 Å². The normalized spacial score (nSPS) is 17.2. The molecule has 102 valence electrons. The van der Waals surface area contributed by atoms with Gasteiger partial charge in [0.25, 0.3) is 0 Å². The first-order chi connectivity index (χ1) is 9.36. The van der Waals surface area contributed by atoms with Crippen LogP contribution in [0.3, 0.4) is 0 Å². The Morgan fingerprint density at radius 2 is 2.11 bits per heavy atom. The Morgan fingerprint density at radius 3 is 2.84 bits per heavy atom. The van der Waals surface area contributed by atoms with Gasteiger partial charge in [-0.3, -0.25) is 0 Å². The van der Waals surface area contributed by atoms with Gasteiger partial charge in [0.05, 0.1) is 11.0 Å². The second-order valence-corrected chi connectivity index (χ2v) is 5.40. The number of para-hydroxylation sites is 2. The molecule has 2 heterocycles. The number of aromatic amines is 1. The molecule has 19 heavy (non-hydrogen) atoms. The predicted octanol–water partition coefficient (Wildman–Crippen LogP) is 2.39. The molecule has 0 unspecified atom stereocenters. The highest BCUT2D eigenvalue weighted by molar-refractivity contribution is 5.77. The van der Waals surface area contributed by atoms with Crippen molar-refractivity contribution < 1.29 is 0 Å². The van der Waals surface area contributed by atoms with Gasteiger partial charge in [-0.2, -0.15) is 0 Å². The molecule has 0 aliphatic carbocycles. The number of nitrogens with zero attached hydrogens (tertiary/aromatic N) is 2. The van der Waals surface area contributed by atoms with Gasteiger partial charge in [0.1, 0.15) is 0 Å². The monoisotopic (exact) mass is 258 g/mol. The molecule has 1 saturated heterocycles. The molecule has 1 aliphatic rings. The average molecular weight is 258 g/mol. The van der Waals surface area contributed by atoms with E-state index in [1.165, 1.54) is 19.3 Å².